The first-order valence-electron chi connectivity index (χ1n) is 4.41. The molecule has 0 unspecified atom stereocenters. The Morgan fingerprint density at radius 1 is 1.00 bits per heavy atom. The van der Waals surface area contributed by atoms with Gasteiger partial charge in [0, 0.05) is 6.54 Å². The van der Waals surface area contributed by atoms with E-state index in [-0.39, 0.29) is 0 Å². The first kappa shape index (κ1) is 11.3. The summed E-state index contributed by atoms with van der Waals surface area (Å²) in [6.07, 6.45) is 2.98. The average Bonchev–Trinajstić information content (AvgIpc) is 2.10. The van der Waals surface area contributed by atoms with E-state index < -0.39 is 0 Å². The molecule has 0 spiro atoms. The van der Waals surface area contributed by atoms with Gasteiger partial charge in [-0.2, -0.15) is 5.11 Å². The third-order valence-corrected chi connectivity index (χ3v) is 1.35. The summed E-state index contributed by atoms with van der Waals surface area (Å²) < 4.78 is 0. The van der Waals surface area contributed by atoms with E-state index in [0.29, 0.717) is 13.1 Å². The van der Waals surface area contributed by atoms with Crippen molar-refractivity contribution in [2.45, 2.75) is 19.3 Å². The number of unbranched alkanes of at least 4 members (excludes halogenated alkanes) is 1. The number of hydrogen-bond acceptors (Lipinski definition) is 4. The number of rotatable bonds is 8. The Morgan fingerprint density at radius 3 is 2.42 bits per heavy atom. The van der Waals surface area contributed by atoms with Crippen molar-refractivity contribution in [1.82, 2.24) is 5.43 Å². The van der Waals surface area contributed by atoms with E-state index >= 15 is 0 Å². The van der Waals surface area contributed by atoms with Gasteiger partial charge in [0.25, 0.3) is 0 Å². The summed E-state index contributed by atoms with van der Waals surface area (Å²) >= 11 is 0. The Morgan fingerprint density at radius 2 is 1.75 bits per heavy atom. The van der Waals surface area contributed by atoms with Crippen LogP contribution >= 0.6 is 0 Å². The molecule has 0 aliphatic carbocycles. The fourth-order valence-electron chi connectivity index (χ4n) is 0.660. The molecule has 0 fully saturated rings. The lowest BCUT2D eigenvalue weighted by Crippen LogP contribution is -2.09. The maximum Gasteiger partial charge on any atom is 0.0632 e. The third kappa shape index (κ3) is 9.32. The Balaban J connectivity index is 2.92. The largest absolute Gasteiger partial charge is 0.330 e. The highest BCUT2D eigenvalue weighted by Gasteiger charge is 1.83. The molecule has 0 saturated carbocycles. The molecule has 0 atom stereocenters. The Kier molecular flexibility index (Phi) is 9.74. The Hall–Kier alpha value is -0.680. The minimum atomic E-state index is 0.673. The van der Waals surface area contributed by atoms with Crippen molar-refractivity contribution in [2.24, 2.45) is 21.8 Å². The lowest BCUT2D eigenvalue weighted by Gasteiger charge is -1.96. The molecular weight excluding hydrogens is 154 g/mol. The fraction of sp³-hybridized carbons (Fsp3) is 1.00. The maximum absolute atomic E-state index is 5.31. The standard InChI is InChI=1S/C7H19N5/c8-4-1-2-6-10-12-11-7-3-5-9/h1-9H2,(H,10,11). The molecule has 0 bridgehead atoms. The quantitative estimate of drug-likeness (QED) is 0.275. The zero-order valence-electron chi connectivity index (χ0n) is 7.50. The third-order valence-electron chi connectivity index (χ3n) is 1.35. The number of nitrogens with zero attached hydrogens (tertiary/aromatic N) is 2. The van der Waals surface area contributed by atoms with Gasteiger partial charge in [0.1, 0.15) is 0 Å². The summed E-state index contributed by atoms with van der Waals surface area (Å²) in [5.41, 5.74) is 13.4. The molecule has 0 amide bonds. The average molecular weight is 173 g/mol. The minimum Gasteiger partial charge on any atom is -0.330 e. The SMILES string of the molecule is NCCCCNN=NCCCN. The van der Waals surface area contributed by atoms with Gasteiger partial charge in [-0.15, -0.1) is 0 Å². The summed E-state index contributed by atoms with van der Waals surface area (Å²) in [5.74, 6) is 0. The van der Waals surface area contributed by atoms with Crippen molar-refractivity contribution < 1.29 is 0 Å². The minimum absolute atomic E-state index is 0.673. The molecule has 5 nitrogen and oxygen atoms in total. The molecule has 0 rings (SSSR count). The highest BCUT2D eigenvalue weighted by Crippen LogP contribution is 1.83. The monoisotopic (exact) mass is 173 g/mol. The van der Waals surface area contributed by atoms with E-state index in [2.05, 4.69) is 15.8 Å². The van der Waals surface area contributed by atoms with Crippen molar-refractivity contribution in [3.63, 3.8) is 0 Å². The zero-order valence-corrected chi connectivity index (χ0v) is 7.50. The lowest BCUT2D eigenvalue weighted by atomic mass is 10.3. The van der Waals surface area contributed by atoms with Gasteiger partial charge >= 0.3 is 0 Å². The summed E-state index contributed by atoms with van der Waals surface area (Å²) in [7, 11) is 0. The number of nitrogens with two attached hydrogens (primary N) is 2. The van der Waals surface area contributed by atoms with Crippen LogP contribution in [0.15, 0.2) is 10.3 Å². The van der Waals surface area contributed by atoms with Gasteiger partial charge in [-0.3, -0.25) is 5.43 Å². The van der Waals surface area contributed by atoms with Gasteiger partial charge < -0.3 is 11.5 Å². The van der Waals surface area contributed by atoms with Crippen molar-refractivity contribution in [3.05, 3.63) is 0 Å². The zero-order chi connectivity index (χ0) is 9.07. The molecule has 72 valence electrons. The van der Waals surface area contributed by atoms with Crippen LogP contribution in [-0.2, 0) is 0 Å². The molecule has 0 heterocycles. The highest BCUT2D eigenvalue weighted by atomic mass is 15.4. The molecule has 0 radical (unpaired) electrons. The van der Waals surface area contributed by atoms with Crippen LogP contribution in [0.3, 0.4) is 0 Å². The lowest BCUT2D eigenvalue weighted by molar-refractivity contribution is 0.612. The molecule has 0 aliphatic rings. The van der Waals surface area contributed by atoms with E-state index in [1.165, 1.54) is 0 Å². The molecular formula is C7H19N5. The molecule has 5 heteroatoms. The van der Waals surface area contributed by atoms with Gasteiger partial charge in [-0.25, -0.2) is 0 Å². The topological polar surface area (TPSA) is 88.8 Å². The summed E-state index contributed by atoms with van der Waals surface area (Å²) in [6, 6.07) is 0. The molecule has 0 aromatic heterocycles. The number of nitrogens with one attached hydrogen (secondary N) is 1. The van der Waals surface area contributed by atoms with Crippen LogP contribution in [0.1, 0.15) is 19.3 Å². The fourth-order valence-corrected chi connectivity index (χ4v) is 0.660. The summed E-state index contributed by atoms with van der Waals surface area (Å²) in [6.45, 7) is 2.97. The first-order chi connectivity index (χ1) is 5.91. The van der Waals surface area contributed by atoms with Crippen LogP contribution in [0.4, 0.5) is 0 Å². The van der Waals surface area contributed by atoms with E-state index in [1.54, 1.807) is 0 Å². The van der Waals surface area contributed by atoms with Crippen LogP contribution in [-0.4, -0.2) is 26.2 Å². The molecule has 0 aromatic carbocycles. The van der Waals surface area contributed by atoms with Crippen LogP contribution < -0.4 is 16.9 Å². The predicted octanol–water partition coefficient (Wildman–Crippen LogP) is 0.0309. The normalized spacial score (nSPS) is 10.8. The van der Waals surface area contributed by atoms with Gasteiger partial charge in [-0.05, 0) is 32.4 Å². The molecule has 0 aromatic rings. The number of hydrogen-bond donors (Lipinski definition) is 3. The summed E-state index contributed by atoms with van der Waals surface area (Å²) in [5, 5.41) is 7.62. The Bertz CT molecular complexity index is 104. The smallest absolute Gasteiger partial charge is 0.0632 e. The second-order valence-corrected chi connectivity index (χ2v) is 2.51. The first-order valence-corrected chi connectivity index (χ1v) is 4.41. The predicted molar refractivity (Wildman–Crippen MR) is 49.7 cm³/mol. The van der Waals surface area contributed by atoms with Crippen LogP contribution in [0.2, 0.25) is 0 Å². The summed E-state index contributed by atoms with van der Waals surface area (Å²) in [4.78, 5) is 0. The van der Waals surface area contributed by atoms with E-state index in [0.717, 1.165) is 32.4 Å². The molecule has 5 N–H and O–H groups in total. The molecule has 0 saturated heterocycles. The highest BCUT2D eigenvalue weighted by molar-refractivity contribution is 4.43. The second-order valence-electron chi connectivity index (χ2n) is 2.51. The molecule has 0 aliphatic heterocycles. The second kappa shape index (κ2) is 10.3. The maximum atomic E-state index is 5.31. The van der Waals surface area contributed by atoms with Crippen molar-refractivity contribution in [2.75, 3.05) is 26.2 Å². The Labute approximate surface area is 73.6 Å². The van der Waals surface area contributed by atoms with Crippen molar-refractivity contribution >= 4 is 0 Å². The van der Waals surface area contributed by atoms with E-state index in [1.807, 2.05) is 0 Å². The van der Waals surface area contributed by atoms with Crippen LogP contribution in [0, 0.1) is 0 Å². The van der Waals surface area contributed by atoms with Crippen LogP contribution in [0.5, 0.6) is 0 Å². The van der Waals surface area contributed by atoms with E-state index in [9.17, 15) is 0 Å². The van der Waals surface area contributed by atoms with Gasteiger partial charge in [0.15, 0.2) is 0 Å². The van der Waals surface area contributed by atoms with E-state index in [4.69, 9.17) is 11.5 Å². The van der Waals surface area contributed by atoms with Crippen molar-refractivity contribution in [1.29, 1.82) is 0 Å². The van der Waals surface area contributed by atoms with Gasteiger partial charge in [0.2, 0.25) is 0 Å². The van der Waals surface area contributed by atoms with Crippen molar-refractivity contribution in [3.8, 4) is 0 Å². The van der Waals surface area contributed by atoms with Gasteiger partial charge in [-0.1, -0.05) is 5.22 Å². The van der Waals surface area contributed by atoms with Gasteiger partial charge in [0.05, 0.1) is 6.54 Å². The molecule has 12 heavy (non-hydrogen) atoms. The van der Waals surface area contributed by atoms with Crippen LogP contribution in [0.25, 0.3) is 0 Å².